The summed E-state index contributed by atoms with van der Waals surface area (Å²) in [6, 6.07) is 7.48. The summed E-state index contributed by atoms with van der Waals surface area (Å²) >= 11 is 0. The molecule has 1 amide bonds. The number of benzene rings is 1. The molecule has 0 radical (unpaired) electrons. The third kappa shape index (κ3) is 4.69. The molecule has 0 unspecified atom stereocenters. The maximum absolute atomic E-state index is 12.6. The number of β-amino-alcohol motifs (C(OH)–C–C–N with tert-alkyl or cyclic N) is 1. The minimum Gasteiger partial charge on any atom is -0.496 e. The van der Waals surface area contributed by atoms with E-state index < -0.39 is 0 Å². The fourth-order valence-corrected chi connectivity index (χ4v) is 3.12. The summed E-state index contributed by atoms with van der Waals surface area (Å²) in [6.07, 6.45) is 0. The summed E-state index contributed by atoms with van der Waals surface area (Å²) < 4.78 is 5.37. The SMILES string of the molecule is COc1ccccc1[C@@H](C)NC(=O)[C@@H](C)N1CCN(CCO)CC1. The quantitative estimate of drug-likeness (QED) is 0.774. The van der Waals surface area contributed by atoms with Crippen molar-refractivity contribution in [2.75, 3.05) is 46.4 Å². The Morgan fingerprint density at radius 3 is 2.54 bits per heavy atom. The highest BCUT2D eigenvalue weighted by atomic mass is 16.5. The van der Waals surface area contributed by atoms with Crippen molar-refractivity contribution in [2.24, 2.45) is 0 Å². The van der Waals surface area contributed by atoms with Gasteiger partial charge in [0.15, 0.2) is 0 Å². The molecule has 1 aliphatic heterocycles. The molecule has 1 aliphatic rings. The van der Waals surface area contributed by atoms with Gasteiger partial charge >= 0.3 is 0 Å². The number of piperazine rings is 1. The maximum atomic E-state index is 12.6. The van der Waals surface area contributed by atoms with Gasteiger partial charge in [-0.05, 0) is 19.9 Å². The van der Waals surface area contributed by atoms with Gasteiger partial charge in [-0.2, -0.15) is 0 Å². The van der Waals surface area contributed by atoms with Gasteiger partial charge in [0.2, 0.25) is 5.91 Å². The molecule has 2 atom stereocenters. The van der Waals surface area contributed by atoms with Gasteiger partial charge in [0, 0.05) is 38.3 Å². The molecule has 6 heteroatoms. The highest BCUT2D eigenvalue weighted by molar-refractivity contribution is 5.81. The first-order valence-electron chi connectivity index (χ1n) is 8.57. The lowest BCUT2D eigenvalue weighted by Gasteiger charge is -2.37. The van der Waals surface area contributed by atoms with E-state index in [0.717, 1.165) is 37.5 Å². The maximum Gasteiger partial charge on any atom is 0.237 e. The third-order valence-corrected chi connectivity index (χ3v) is 4.71. The number of ether oxygens (including phenoxy) is 1. The first-order chi connectivity index (χ1) is 11.6. The average molecular weight is 335 g/mol. The van der Waals surface area contributed by atoms with Crippen molar-refractivity contribution in [2.45, 2.75) is 25.9 Å². The van der Waals surface area contributed by atoms with Crippen LogP contribution in [0.2, 0.25) is 0 Å². The highest BCUT2D eigenvalue weighted by Crippen LogP contribution is 2.24. The van der Waals surface area contributed by atoms with Crippen molar-refractivity contribution in [3.8, 4) is 5.75 Å². The number of nitrogens with one attached hydrogen (secondary N) is 1. The summed E-state index contributed by atoms with van der Waals surface area (Å²) in [5, 5.41) is 12.1. The summed E-state index contributed by atoms with van der Waals surface area (Å²) in [5.74, 6) is 0.819. The number of aliphatic hydroxyl groups is 1. The molecule has 134 valence electrons. The van der Waals surface area contributed by atoms with Crippen LogP contribution in [0.15, 0.2) is 24.3 Å². The number of carbonyl (C=O) groups is 1. The largest absolute Gasteiger partial charge is 0.496 e. The Hall–Kier alpha value is -1.63. The Labute approximate surface area is 144 Å². The smallest absolute Gasteiger partial charge is 0.237 e. The van der Waals surface area contributed by atoms with E-state index in [1.54, 1.807) is 7.11 Å². The molecule has 0 spiro atoms. The summed E-state index contributed by atoms with van der Waals surface area (Å²) in [6.45, 7) is 8.29. The Kier molecular flexibility index (Phi) is 7.02. The Balaban J connectivity index is 1.89. The van der Waals surface area contributed by atoms with Crippen LogP contribution in [-0.4, -0.2) is 73.3 Å². The highest BCUT2D eigenvalue weighted by Gasteiger charge is 2.26. The second kappa shape index (κ2) is 9.01. The molecule has 0 bridgehead atoms. The molecule has 1 aromatic carbocycles. The lowest BCUT2D eigenvalue weighted by atomic mass is 10.1. The number of hydrogen-bond acceptors (Lipinski definition) is 5. The monoisotopic (exact) mass is 335 g/mol. The predicted octanol–water partition coefficient (Wildman–Crippen LogP) is 0.871. The van der Waals surface area contributed by atoms with Gasteiger partial charge in [-0.1, -0.05) is 18.2 Å². The lowest BCUT2D eigenvalue weighted by Crippen LogP contribution is -2.54. The number of hydrogen-bond donors (Lipinski definition) is 2. The van der Waals surface area contributed by atoms with Gasteiger partial charge in [0.25, 0.3) is 0 Å². The number of para-hydroxylation sites is 1. The normalized spacial score (nSPS) is 18.8. The molecule has 0 aromatic heterocycles. The first kappa shape index (κ1) is 18.7. The van der Waals surface area contributed by atoms with Crippen molar-refractivity contribution in [1.82, 2.24) is 15.1 Å². The van der Waals surface area contributed by atoms with Gasteiger partial charge in [-0.3, -0.25) is 14.6 Å². The number of aliphatic hydroxyl groups excluding tert-OH is 1. The van der Waals surface area contributed by atoms with Crippen LogP contribution in [0, 0.1) is 0 Å². The van der Waals surface area contributed by atoms with Crippen molar-refractivity contribution in [1.29, 1.82) is 0 Å². The van der Waals surface area contributed by atoms with E-state index >= 15 is 0 Å². The molecule has 2 rings (SSSR count). The fraction of sp³-hybridized carbons (Fsp3) is 0.611. The van der Waals surface area contributed by atoms with Crippen LogP contribution in [0.4, 0.5) is 0 Å². The first-order valence-corrected chi connectivity index (χ1v) is 8.57. The molecule has 2 N–H and O–H groups in total. The zero-order valence-corrected chi connectivity index (χ0v) is 14.9. The van der Waals surface area contributed by atoms with E-state index in [1.165, 1.54) is 0 Å². The third-order valence-electron chi connectivity index (χ3n) is 4.71. The second-order valence-electron chi connectivity index (χ2n) is 6.25. The van der Waals surface area contributed by atoms with Gasteiger partial charge < -0.3 is 15.2 Å². The van der Waals surface area contributed by atoms with E-state index in [9.17, 15) is 4.79 Å². The number of rotatable bonds is 7. The average Bonchev–Trinajstić information content (AvgIpc) is 2.61. The summed E-state index contributed by atoms with van der Waals surface area (Å²) in [7, 11) is 1.64. The number of amides is 1. The molecular formula is C18H29N3O3. The van der Waals surface area contributed by atoms with Crippen LogP contribution in [0.1, 0.15) is 25.5 Å². The topological polar surface area (TPSA) is 65.0 Å². The summed E-state index contributed by atoms with van der Waals surface area (Å²) in [4.78, 5) is 17.0. The van der Waals surface area contributed by atoms with Gasteiger partial charge in [-0.25, -0.2) is 0 Å². The van der Waals surface area contributed by atoms with E-state index in [2.05, 4.69) is 15.1 Å². The number of nitrogens with zero attached hydrogens (tertiary/aromatic N) is 2. The van der Waals surface area contributed by atoms with E-state index in [-0.39, 0.29) is 24.6 Å². The molecule has 0 saturated carbocycles. The van der Waals surface area contributed by atoms with Crippen LogP contribution < -0.4 is 10.1 Å². The Bertz CT molecular complexity index is 530. The zero-order valence-electron chi connectivity index (χ0n) is 14.9. The van der Waals surface area contributed by atoms with Crippen molar-refractivity contribution in [3.05, 3.63) is 29.8 Å². The van der Waals surface area contributed by atoms with Crippen LogP contribution >= 0.6 is 0 Å². The molecule has 6 nitrogen and oxygen atoms in total. The van der Waals surface area contributed by atoms with Crippen LogP contribution in [-0.2, 0) is 4.79 Å². The second-order valence-corrected chi connectivity index (χ2v) is 6.25. The predicted molar refractivity (Wildman–Crippen MR) is 94.1 cm³/mol. The van der Waals surface area contributed by atoms with Crippen LogP contribution in [0.25, 0.3) is 0 Å². The van der Waals surface area contributed by atoms with Crippen molar-refractivity contribution in [3.63, 3.8) is 0 Å². The fourth-order valence-electron chi connectivity index (χ4n) is 3.12. The molecule has 1 heterocycles. The number of carbonyl (C=O) groups excluding carboxylic acids is 1. The standard InChI is InChI=1S/C18H29N3O3/c1-14(16-6-4-5-7-17(16)24-3)19-18(23)15(2)21-10-8-20(9-11-21)12-13-22/h4-7,14-15,22H,8-13H2,1-3H3,(H,19,23)/t14-,15-/m1/s1. The Morgan fingerprint density at radius 1 is 1.25 bits per heavy atom. The Morgan fingerprint density at radius 2 is 1.92 bits per heavy atom. The minimum atomic E-state index is -0.168. The van der Waals surface area contributed by atoms with E-state index in [4.69, 9.17) is 9.84 Å². The van der Waals surface area contributed by atoms with Crippen LogP contribution in [0.3, 0.4) is 0 Å². The summed E-state index contributed by atoms with van der Waals surface area (Å²) in [5.41, 5.74) is 0.980. The molecule has 1 fully saturated rings. The van der Waals surface area contributed by atoms with Crippen LogP contribution in [0.5, 0.6) is 5.75 Å². The zero-order chi connectivity index (χ0) is 17.5. The van der Waals surface area contributed by atoms with Crippen molar-refractivity contribution >= 4 is 5.91 Å². The van der Waals surface area contributed by atoms with Gasteiger partial charge in [-0.15, -0.1) is 0 Å². The number of methoxy groups -OCH3 is 1. The lowest BCUT2D eigenvalue weighted by molar-refractivity contribution is -0.127. The van der Waals surface area contributed by atoms with Gasteiger partial charge in [0.1, 0.15) is 5.75 Å². The van der Waals surface area contributed by atoms with E-state index in [1.807, 2.05) is 38.1 Å². The molecular weight excluding hydrogens is 306 g/mol. The minimum absolute atomic E-state index is 0.0315. The molecule has 1 aromatic rings. The van der Waals surface area contributed by atoms with Gasteiger partial charge in [0.05, 0.1) is 25.8 Å². The molecule has 24 heavy (non-hydrogen) atoms. The van der Waals surface area contributed by atoms with Crippen molar-refractivity contribution < 1.29 is 14.6 Å². The molecule has 1 saturated heterocycles. The molecule has 0 aliphatic carbocycles. The van der Waals surface area contributed by atoms with E-state index in [0.29, 0.717) is 6.54 Å².